The van der Waals surface area contributed by atoms with Crippen LogP contribution in [-0.2, 0) is 30.8 Å². The molecule has 0 bridgehead atoms. The molecule has 3 aromatic carbocycles. The number of hydrogen-bond acceptors (Lipinski definition) is 4. The van der Waals surface area contributed by atoms with Crippen LogP contribution in [-0.4, -0.2) is 39.5 Å². The van der Waals surface area contributed by atoms with Gasteiger partial charge in [0.25, 0.3) is 5.91 Å². The highest BCUT2D eigenvalue weighted by Crippen LogP contribution is 2.22. The number of imidazole rings is 1. The third-order valence-corrected chi connectivity index (χ3v) is 7.00. The highest BCUT2D eigenvalue weighted by Gasteiger charge is 2.31. The van der Waals surface area contributed by atoms with Crippen molar-refractivity contribution in [2.45, 2.75) is 26.1 Å². The standard InChI is InChI=1S/C29H26ClFN4O4/c1-39-22-10-7-19(8-11-22)17-32-28(37)27-25-18-33(26(36)16-20-9-12-24(31)23(30)15-20)13-14-34(25)29(38)35(27)21-5-3-2-4-6-21/h2-12,15H,13-14,16-18H2,1H3,(H,32,37). The number of rotatable bonds is 7. The molecule has 1 aliphatic rings. The number of aromatic nitrogens is 2. The lowest BCUT2D eigenvalue weighted by Crippen LogP contribution is -2.41. The van der Waals surface area contributed by atoms with Gasteiger partial charge < -0.3 is 15.0 Å². The molecule has 1 N–H and O–H groups in total. The molecule has 0 spiro atoms. The van der Waals surface area contributed by atoms with Gasteiger partial charge in [0.15, 0.2) is 0 Å². The Morgan fingerprint density at radius 2 is 1.72 bits per heavy atom. The molecular weight excluding hydrogens is 523 g/mol. The number of methoxy groups -OCH3 is 1. The predicted octanol–water partition coefficient (Wildman–Crippen LogP) is 3.96. The first-order chi connectivity index (χ1) is 18.9. The molecule has 10 heteroatoms. The monoisotopic (exact) mass is 548 g/mol. The predicted molar refractivity (Wildman–Crippen MR) is 145 cm³/mol. The van der Waals surface area contributed by atoms with Crippen LogP contribution in [0, 0.1) is 5.82 Å². The van der Waals surface area contributed by atoms with Gasteiger partial charge in [-0.05, 0) is 47.5 Å². The number of amides is 2. The number of nitrogens with zero attached hydrogens (tertiary/aromatic N) is 3. The van der Waals surface area contributed by atoms with Gasteiger partial charge >= 0.3 is 5.69 Å². The quantitative estimate of drug-likeness (QED) is 0.379. The Morgan fingerprint density at radius 1 is 1.00 bits per heavy atom. The Bertz CT molecular complexity index is 1580. The van der Waals surface area contributed by atoms with E-state index in [9.17, 15) is 18.8 Å². The van der Waals surface area contributed by atoms with Gasteiger partial charge in [0.05, 0.1) is 36.5 Å². The molecule has 0 unspecified atom stereocenters. The van der Waals surface area contributed by atoms with Crippen molar-refractivity contribution in [2.75, 3.05) is 13.7 Å². The third-order valence-electron chi connectivity index (χ3n) is 6.71. The lowest BCUT2D eigenvalue weighted by Gasteiger charge is -2.28. The zero-order chi connectivity index (χ0) is 27.5. The first-order valence-electron chi connectivity index (χ1n) is 12.4. The van der Waals surface area contributed by atoms with Gasteiger partial charge in [-0.1, -0.05) is 48.0 Å². The number of fused-ring (bicyclic) bond motifs is 1. The molecule has 2 heterocycles. The summed E-state index contributed by atoms with van der Waals surface area (Å²) in [5, 5.41) is 2.86. The van der Waals surface area contributed by atoms with Crippen molar-refractivity contribution in [1.82, 2.24) is 19.4 Å². The number of halogens is 2. The van der Waals surface area contributed by atoms with E-state index in [0.717, 1.165) is 5.56 Å². The SMILES string of the molecule is COc1ccc(CNC(=O)c2c3n(c(=O)n2-c2ccccc2)CCN(C(=O)Cc2ccc(F)c(Cl)c2)C3)cc1. The molecule has 39 heavy (non-hydrogen) atoms. The molecule has 0 atom stereocenters. The molecule has 2 amide bonds. The summed E-state index contributed by atoms with van der Waals surface area (Å²) in [5.74, 6) is -0.492. The highest BCUT2D eigenvalue weighted by molar-refractivity contribution is 6.30. The number of hydrogen-bond donors (Lipinski definition) is 1. The van der Waals surface area contributed by atoms with Gasteiger partial charge in [-0.3, -0.25) is 18.7 Å². The number of ether oxygens (including phenoxy) is 1. The second kappa shape index (κ2) is 11.2. The molecule has 200 valence electrons. The smallest absolute Gasteiger partial charge is 0.333 e. The van der Waals surface area contributed by atoms with Crippen LogP contribution in [0.3, 0.4) is 0 Å². The molecule has 4 aromatic rings. The topological polar surface area (TPSA) is 85.6 Å². The van der Waals surface area contributed by atoms with Crippen molar-refractivity contribution in [1.29, 1.82) is 0 Å². The second-order valence-electron chi connectivity index (χ2n) is 9.17. The molecular formula is C29H26ClFN4O4. The van der Waals surface area contributed by atoms with E-state index in [2.05, 4.69) is 5.32 Å². The van der Waals surface area contributed by atoms with Crippen LogP contribution in [0.25, 0.3) is 5.69 Å². The number of benzene rings is 3. The van der Waals surface area contributed by atoms with Crippen LogP contribution in [0.5, 0.6) is 5.75 Å². The molecule has 0 saturated carbocycles. The van der Waals surface area contributed by atoms with Crippen LogP contribution >= 0.6 is 11.6 Å². The fourth-order valence-electron chi connectivity index (χ4n) is 4.67. The Labute approximate surface area is 229 Å². The summed E-state index contributed by atoms with van der Waals surface area (Å²) < 4.78 is 21.7. The molecule has 0 radical (unpaired) electrons. The first kappa shape index (κ1) is 26.2. The fraction of sp³-hybridized carbons (Fsp3) is 0.207. The molecule has 5 rings (SSSR count). The van der Waals surface area contributed by atoms with Crippen LogP contribution in [0.4, 0.5) is 4.39 Å². The molecule has 0 fully saturated rings. The van der Waals surface area contributed by atoms with Gasteiger partial charge in [0.1, 0.15) is 17.3 Å². The number of carbonyl (C=O) groups excluding carboxylic acids is 2. The Hall–Kier alpha value is -4.37. The van der Waals surface area contributed by atoms with E-state index in [1.165, 1.54) is 22.8 Å². The average Bonchev–Trinajstić information content (AvgIpc) is 3.26. The van der Waals surface area contributed by atoms with E-state index in [0.29, 0.717) is 29.2 Å². The molecule has 8 nitrogen and oxygen atoms in total. The van der Waals surface area contributed by atoms with Crippen LogP contribution in [0.1, 0.15) is 27.3 Å². The van der Waals surface area contributed by atoms with Crippen molar-refractivity contribution in [3.63, 3.8) is 0 Å². The van der Waals surface area contributed by atoms with Crippen LogP contribution < -0.4 is 15.7 Å². The van der Waals surface area contributed by atoms with Crippen molar-refractivity contribution in [3.05, 3.63) is 117 Å². The van der Waals surface area contributed by atoms with Crippen molar-refractivity contribution < 1.29 is 18.7 Å². The van der Waals surface area contributed by atoms with E-state index in [-0.39, 0.29) is 48.4 Å². The lowest BCUT2D eigenvalue weighted by atomic mass is 10.1. The summed E-state index contributed by atoms with van der Waals surface area (Å²) in [6.45, 7) is 0.855. The van der Waals surface area contributed by atoms with Gasteiger partial charge in [-0.15, -0.1) is 0 Å². The maximum absolute atomic E-state index is 13.6. The molecule has 0 saturated heterocycles. The van der Waals surface area contributed by atoms with Crippen molar-refractivity contribution >= 4 is 23.4 Å². The zero-order valence-corrected chi connectivity index (χ0v) is 22.0. The molecule has 1 aromatic heterocycles. The van der Waals surface area contributed by atoms with E-state index in [1.807, 2.05) is 18.2 Å². The van der Waals surface area contributed by atoms with Crippen molar-refractivity contribution in [3.8, 4) is 11.4 Å². The largest absolute Gasteiger partial charge is 0.497 e. The maximum Gasteiger partial charge on any atom is 0.333 e. The van der Waals surface area contributed by atoms with E-state index in [4.69, 9.17) is 16.3 Å². The van der Waals surface area contributed by atoms with E-state index in [1.54, 1.807) is 53.0 Å². The van der Waals surface area contributed by atoms with Gasteiger partial charge in [0, 0.05) is 19.6 Å². The summed E-state index contributed by atoms with van der Waals surface area (Å²) in [6, 6.07) is 20.4. The highest BCUT2D eigenvalue weighted by atomic mass is 35.5. The minimum atomic E-state index is -0.553. The van der Waals surface area contributed by atoms with Crippen molar-refractivity contribution in [2.24, 2.45) is 0 Å². The fourth-order valence-corrected chi connectivity index (χ4v) is 4.87. The summed E-state index contributed by atoms with van der Waals surface area (Å²) in [4.78, 5) is 41.9. The lowest BCUT2D eigenvalue weighted by molar-refractivity contribution is -0.131. The average molecular weight is 549 g/mol. The zero-order valence-electron chi connectivity index (χ0n) is 21.2. The van der Waals surface area contributed by atoms with Gasteiger partial charge in [-0.25, -0.2) is 9.18 Å². The van der Waals surface area contributed by atoms with Gasteiger partial charge in [-0.2, -0.15) is 0 Å². The Balaban J connectivity index is 1.44. The Kier molecular flexibility index (Phi) is 7.51. The third kappa shape index (κ3) is 5.44. The second-order valence-corrected chi connectivity index (χ2v) is 9.58. The number of para-hydroxylation sites is 1. The van der Waals surface area contributed by atoms with Gasteiger partial charge in [0.2, 0.25) is 5.91 Å². The Morgan fingerprint density at radius 3 is 2.41 bits per heavy atom. The van der Waals surface area contributed by atoms with E-state index >= 15 is 0 Å². The normalized spacial score (nSPS) is 12.6. The first-order valence-corrected chi connectivity index (χ1v) is 12.8. The number of nitrogens with one attached hydrogen (secondary N) is 1. The summed E-state index contributed by atoms with van der Waals surface area (Å²) >= 11 is 5.88. The van der Waals surface area contributed by atoms with Crippen LogP contribution in [0.2, 0.25) is 5.02 Å². The maximum atomic E-state index is 13.6. The summed E-state index contributed by atoms with van der Waals surface area (Å²) in [6.07, 6.45) is 0.0165. The summed E-state index contributed by atoms with van der Waals surface area (Å²) in [7, 11) is 1.58. The van der Waals surface area contributed by atoms with E-state index < -0.39 is 11.7 Å². The minimum absolute atomic E-state index is 0.0165. The molecule has 1 aliphatic heterocycles. The number of carbonyl (C=O) groups is 2. The molecule has 0 aliphatic carbocycles. The summed E-state index contributed by atoms with van der Waals surface area (Å²) in [5.41, 5.74) is 2.28. The van der Waals surface area contributed by atoms with Crippen LogP contribution in [0.15, 0.2) is 77.6 Å². The minimum Gasteiger partial charge on any atom is -0.497 e.